The van der Waals surface area contributed by atoms with E-state index < -0.39 is 29.4 Å². The molecule has 0 amide bonds. The molecular weight excluding hydrogens is 313 g/mol. The summed E-state index contributed by atoms with van der Waals surface area (Å²) in [5, 5.41) is 19.6. The number of rotatable bonds is 5. The lowest BCUT2D eigenvalue weighted by atomic mass is 9.86. The van der Waals surface area contributed by atoms with Crippen molar-refractivity contribution in [2.75, 3.05) is 27.2 Å². The number of hydrogen-bond donors (Lipinski definition) is 2. The van der Waals surface area contributed by atoms with Gasteiger partial charge in [-0.05, 0) is 33.0 Å². The third-order valence-corrected chi connectivity index (χ3v) is 3.97. The summed E-state index contributed by atoms with van der Waals surface area (Å²) in [6, 6.07) is 2.09. The van der Waals surface area contributed by atoms with E-state index in [0.717, 1.165) is 12.3 Å². The zero-order valence-corrected chi connectivity index (χ0v) is 13.0. The maximum absolute atomic E-state index is 12.5. The van der Waals surface area contributed by atoms with Crippen molar-refractivity contribution in [2.45, 2.75) is 31.2 Å². The Bertz CT molecular complexity index is 504. The van der Waals surface area contributed by atoms with Crippen molar-refractivity contribution >= 4 is 0 Å². The standard InChI is InChI=1S/C15H21F3N2O3/c1-20(2)8-14(5-11(21)12(22)6-14)9-23-13-4-3-10(7-19-13)15(16,17)18/h3-4,7,11-12,21-22H,5-6,8-9H2,1-2H3/t11-,12+,14?. The second-order valence-corrected chi connectivity index (χ2v) is 6.45. The van der Waals surface area contributed by atoms with Crippen LogP contribution in [-0.2, 0) is 6.18 Å². The van der Waals surface area contributed by atoms with Gasteiger partial charge in [-0.25, -0.2) is 4.98 Å². The number of aliphatic hydroxyl groups is 2. The van der Waals surface area contributed by atoms with Crippen LogP contribution in [-0.4, -0.2) is 59.6 Å². The molecule has 1 heterocycles. The van der Waals surface area contributed by atoms with Crippen molar-refractivity contribution in [3.63, 3.8) is 0 Å². The number of pyridine rings is 1. The smallest absolute Gasteiger partial charge is 0.417 e. The van der Waals surface area contributed by atoms with Crippen LogP contribution in [0.5, 0.6) is 5.88 Å². The van der Waals surface area contributed by atoms with Gasteiger partial charge in [-0.1, -0.05) is 0 Å². The molecule has 1 saturated carbocycles. The van der Waals surface area contributed by atoms with Gasteiger partial charge < -0.3 is 19.8 Å². The molecule has 0 radical (unpaired) electrons. The molecule has 0 bridgehead atoms. The minimum Gasteiger partial charge on any atom is -0.477 e. The highest BCUT2D eigenvalue weighted by molar-refractivity contribution is 5.20. The Kier molecular flexibility index (Phi) is 5.17. The largest absolute Gasteiger partial charge is 0.477 e. The van der Waals surface area contributed by atoms with Crippen LogP contribution >= 0.6 is 0 Å². The van der Waals surface area contributed by atoms with Gasteiger partial charge in [0.25, 0.3) is 0 Å². The fourth-order valence-corrected chi connectivity index (χ4v) is 3.07. The zero-order valence-electron chi connectivity index (χ0n) is 13.0. The summed E-state index contributed by atoms with van der Waals surface area (Å²) < 4.78 is 43.0. The Balaban J connectivity index is 2.04. The SMILES string of the molecule is CN(C)CC1(COc2ccc(C(F)(F)F)cn2)C[C@@H](O)[C@@H](O)C1. The first-order chi connectivity index (χ1) is 10.6. The highest BCUT2D eigenvalue weighted by Gasteiger charge is 2.45. The van der Waals surface area contributed by atoms with Crippen molar-refractivity contribution in [1.82, 2.24) is 9.88 Å². The maximum atomic E-state index is 12.5. The number of nitrogens with zero attached hydrogens (tertiary/aromatic N) is 2. The van der Waals surface area contributed by atoms with E-state index in [-0.39, 0.29) is 12.5 Å². The van der Waals surface area contributed by atoms with Crippen LogP contribution in [0.4, 0.5) is 13.2 Å². The number of alkyl halides is 3. The Labute approximate surface area is 132 Å². The summed E-state index contributed by atoms with van der Waals surface area (Å²) in [6.07, 6.45) is -4.61. The minimum absolute atomic E-state index is 0.0898. The second kappa shape index (κ2) is 6.62. The third-order valence-electron chi connectivity index (χ3n) is 3.97. The van der Waals surface area contributed by atoms with E-state index in [4.69, 9.17) is 4.74 Å². The lowest BCUT2D eigenvalue weighted by Crippen LogP contribution is -2.37. The summed E-state index contributed by atoms with van der Waals surface area (Å²) in [5.74, 6) is 0.0898. The first-order valence-electron chi connectivity index (χ1n) is 7.28. The van der Waals surface area contributed by atoms with E-state index in [2.05, 4.69) is 4.98 Å². The molecule has 0 saturated heterocycles. The molecule has 2 N–H and O–H groups in total. The molecule has 5 nitrogen and oxygen atoms in total. The quantitative estimate of drug-likeness (QED) is 0.855. The number of hydrogen-bond acceptors (Lipinski definition) is 5. The molecule has 2 rings (SSSR count). The number of ether oxygens (including phenoxy) is 1. The molecule has 1 fully saturated rings. The molecule has 0 spiro atoms. The molecule has 1 unspecified atom stereocenters. The lowest BCUT2D eigenvalue weighted by Gasteiger charge is -2.31. The van der Waals surface area contributed by atoms with E-state index in [0.29, 0.717) is 19.4 Å². The number of aromatic nitrogens is 1. The van der Waals surface area contributed by atoms with E-state index in [1.807, 2.05) is 19.0 Å². The van der Waals surface area contributed by atoms with Crippen molar-refractivity contribution < 1.29 is 28.1 Å². The first kappa shape index (κ1) is 18.0. The normalized spacial score (nSPS) is 28.3. The van der Waals surface area contributed by atoms with Crippen molar-refractivity contribution in [3.8, 4) is 5.88 Å². The molecule has 23 heavy (non-hydrogen) atoms. The first-order valence-corrected chi connectivity index (χ1v) is 7.28. The van der Waals surface area contributed by atoms with Gasteiger partial charge in [0.15, 0.2) is 0 Å². The molecule has 0 aromatic carbocycles. The Morgan fingerprint density at radius 3 is 2.30 bits per heavy atom. The molecule has 130 valence electrons. The van der Waals surface area contributed by atoms with Crippen molar-refractivity contribution in [1.29, 1.82) is 0 Å². The van der Waals surface area contributed by atoms with Crippen LogP contribution in [0, 0.1) is 5.41 Å². The van der Waals surface area contributed by atoms with Crippen LogP contribution in [0.3, 0.4) is 0 Å². The van der Waals surface area contributed by atoms with Gasteiger partial charge >= 0.3 is 6.18 Å². The van der Waals surface area contributed by atoms with Gasteiger partial charge in [0.1, 0.15) is 0 Å². The van der Waals surface area contributed by atoms with Gasteiger partial charge in [-0.3, -0.25) is 0 Å². The molecule has 0 aliphatic heterocycles. The number of halogens is 3. The van der Waals surface area contributed by atoms with Crippen LogP contribution in [0.2, 0.25) is 0 Å². The summed E-state index contributed by atoms with van der Waals surface area (Å²) in [5.41, 5.74) is -1.30. The second-order valence-electron chi connectivity index (χ2n) is 6.45. The van der Waals surface area contributed by atoms with Gasteiger partial charge in [0.05, 0.1) is 24.4 Å². The maximum Gasteiger partial charge on any atom is 0.417 e. The number of aliphatic hydroxyl groups excluding tert-OH is 2. The topological polar surface area (TPSA) is 65.8 Å². The highest BCUT2D eigenvalue weighted by atomic mass is 19.4. The minimum atomic E-state index is -4.43. The molecule has 1 aliphatic carbocycles. The molecular formula is C15H21F3N2O3. The van der Waals surface area contributed by atoms with Crippen LogP contribution < -0.4 is 4.74 Å². The van der Waals surface area contributed by atoms with E-state index in [9.17, 15) is 23.4 Å². The monoisotopic (exact) mass is 334 g/mol. The van der Waals surface area contributed by atoms with Crippen molar-refractivity contribution in [2.24, 2.45) is 5.41 Å². The summed E-state index contributed by atoms with van der Waals surface area (Å²) in [7, 11) is 3.74. The lowest BCUT2D eigenvalue weighted by molar-refractivity contribution is -0.137. The van der Waals surface area contributed by atoms with Crippen LogP contribution in [0.1, 0.15) is 18.4 Å². The van der Waals surface area contributed by atoms with Gasteiger partial charge in [-0.2, -0.15) is 13.2 Å². The average molecular weight is 334 g/mol. The molecule has 1 aromatic heterocycles. The Morgan fingerprint density at radius 2 is 1.87 bits per heavy atom. The average Bonchev–Trinajstić information content (AvgIpc) is 2.70. The van der Waals surface area contributed by atoms with Gasteiger partial charge in [0, 0.05) is 24.2 Å². The molecule has 8 heteroatoms. The Morgan fingerprint density at radius 1 is 1.26 bits per heavy atom. The summed E-state index contributed by atoms with van der Waals surface area (Å²) >= 11 is 0. The van der Waals surface area contributed by atoms with Crippen LogP contribution in [0.15, 0.2) is 18.3 Å². The molecule has 1 aromatic rings. The fourth-order valence-electron chi connectivity index (χ4n) is 3.07. The summed E-state index contributed by atoms with van der Waals surface area (Å²) in [6.45, 7) is 0.749. The van der Waals surface area contributed by atoms with E-state index >= 15 is 0 Å². The van der Waals surface area contributed by atoms with Crippen LogP contribution in [0.25, 0.3) is 0 Å². The predicted molar refractivity (Wildman–Crippen MR) is 77.0 cm³/mol. The molecule has 3 atom stereocenters. The zero-order chi connectivity index (χ0) is 17.3. The van der Waals surface area contributed by atoms with Gasteiger partial charge in [0.2, 0.25) is 5.88 Å². The third kappa shape index (κ3) is 4.55. The summed E-state index contributed by atoms with van der Waals surface area (Å²) in [4.78, 5) is 5.60. The van der Waals surface area contributed by atoms with E-state index in [1.165, 1.54) is 6.07 Å². The Hall–Kier alpha value is -1.38. The van der Waals surface area contributed by atoms with E-state index in [1.54, 1.807) is 0 Å². The van der Waals surface area contributed by atoms with Gasteiger partial charge in [-0.15, -0.1) is 0 Å². The van der Waals surface area contributed by atoms with Crippen molar-refractivity contribution in [3.05, 3.63) is 23.9 Å². The predicted octanol–water partition coefficient (Wildman–Crippen LogP) is 1.54. The fraction of sp³-hybridized carbons (Fsp3) is 0.667. The molecule has 1 aliphatic rings. The highest BCUT2D eigenvalue weighted by Crippen LogP contribution is 2.39.